The number of methoxy groups -OCH3 is 1. The Hall–Kier alpha value is -2.34. The Morgan fingerprint density at radius 2 is 2.00 bits per heavy atom. The zero-order valence-electron chi connectivity index (χ0n) is 12.5. The van der Waals surface area contributed by atoms with Gasteiger partial charge in [0.05, 0.1) is 12.7 Å². The highest BCUT2D eigenvalue weighted by Gasteiger charge is 2.12. The highest BCUT2D eigenvalue weighted by Crippen LogP contribution is 2.20. The second kappa shape index (κ2) is 7.09. The summed E-state index contributed by atoms with van der Waals surface area (Å²) in [5, 5.41) is 2.70. The van der Waals surface area contributed by atoms with Gasteiger partial charge in [0.1, 0.15) is 5.82 Å². The van der Waals surface area contributed by atoms with Crippen LogP contribution in [-0.2, 0) is 4.74 Å². The van der Waals surface area contributed by atoms with Crippen molar-refractivity contribution in [1.82, 2.24) is 4.98 Å². The van der Waals surface area contributed by atoms with E-state index in [1.54, 1.807) is 11.8 Å². The van der Waals surface area contributed by atoms with Crippen LogP contribution in [0, 0.1) is 6.92 Å². The Balaban J connectivity index is 2.24. The molecule has 1 amide bonds. The van der Waals surface area contributed by atoms with Crippen LogP contribution in [-0.4, -0.2) is 30.2 Å². The average Bonchev–Trinajstić information content (AvgIpc) is 2.54. The van der Waals surface area contributed by atoms with Gasteiger partial charge in [-0.25, -0.2) is 9.78 Å². The Labute approximate surface area is 133 Å². The van der Waals surface area contributed by atoms with Crippen molar-refractivity contribution < 1.29 is 14.3 Å². The number of nitrogens with one attached hydrogen (secondary N) is 1. The summed E-state index contributed by atoms with van der Waals surface area (Å²) < 4.78 is 4.65. The maximum Gasteiger partial charge on any atom is 0.338 e. The van der Waals surface area contributed by atoms with E-state index >= 15 is 0 Å². The molecular formula is C16H16N2O3S. The van der Waals surface area contributed by atoms with Gasteiger partial charge in [-0.1, -0.05) is 6.07 Å². The number of benzene rings is 1. The highest BCUT2D eigenvalue weighted by atomic mass is 32.2. The van der Waals surface area contributed by atoms with E-state index in [0.717, 1.165) is 10.5 Å². The molecule has 0 radical (unpaired) electrons. The second-order valence-electron chi connectivity index (χ2n) is 4.56. The van der Waals surface area contributed by atoms with E-state index in [4.69, 9.17) is 0 Å². The lowest BCUT2D eigenvalue weighted by Gasteiger charge is -2.09. The van der Waals surface area contributed by atoms with E-state index in [-0.39, 0.29) is 5.91 Å². The number of hydrogen-bond acceptors (Lipinski definition) is 5. The van der Waals surface area contributed by atoms with Crippen LogP contribution in [0.3, 0.4) is 0 Å². The molecule has 0 atom stereocenters. The lowest BCUT2D eigenvalue weighted by molar-refractivity contribution is 0.0600. The largest absolute Gasteiger partial charge is 0.465 e. The molecule has 1 heterocycles. The summed E-state index contributed by atoms with van der Waals surface area (Å²) in [4.78, 5) is 28.9. The number of pyridine rings is 1. The van der Waals surface area contributed by atoms with Crippen LogP contribution in [0.2, 0.25) is 0 Å². The van der Waals surface area contributed by atoms with Crippen molar-refractivity contribution in [3.63, 3.8) is 0 Å². The van der Waals surface area contributed by atoms with Crippen LogP contribution >= 0.6 is 11.8 Å². The molecule has 0 spiro atoms. The number of esters is 1. The third-order valence-corrected chi connectivity index (χ3v) is 3.84. The second-order valence-corrected chi connectivity index (χ2v) is 5.44. The number of aromatic nitrogens is 1. The lowest BCUT2D eigenvalue weighted by Crippen LogP contribution is -2.15. The van der Waals surface area contributed by atoms with Crippen molar-refractivity contribution in [2.45, 2.75) is 11.8 Å². The summed E-state index contributed by atoms with van der Waals surface area (Å²) in [6.45, 7) is 1.87. The van der Waals surface area contributed by atoms with Crippen molar-refractivity contribution in [2.24, 2.45) is 0 Å². The van der Waals surface area contributed by atoms with Crippen LogP contribution in [0.4, 0.5) is 5.82 Å². The first-order valence-electron chi connectivity index (χ1n) is 6.55. The maximum atomic E-state index is 12.4. The van der Waals surface area contributed by atoms with Crippen molar-refractivity contribution >= 4 is 29.5 Å². The Bertz CT molecular complexity index is 716. The Morgan fingerprint density at radius 3 is 2.68 bits per heavy atom. The first-order chi connectivity index (χ1) is 10.5. The van der Waals surface area contributed by atoms with Crippen molar-refractivity contribution in [2.75, 3.05) is 18.7 Å². The number of carbonyl (C=O) groups excluding carboxylic acids is 2. The van der Waals surface area contributed by atoms with Gasteiger partial charge in [0.2, 0.25) is 0 Å². The first-order valence-corrected chi connectivity index (χ1v) is 7.78. The predicted octanol–water partition coefficient (Wildman–Crippen LogP) is 3.15. The smallest absolute Gasteiger partial charge is 0.338 e. The summed E-state index contributed by atoms with van der Waals surface area (Å²) in [6, 6.07) is 8.71. The van der Waals surface area contributed by atoms with Gasteiger partial charge < -0.3 is 10.1 Å². The zero-order valence-corrected chi connectivity index (χ0v) is 13.4. The number of carbonyl (C=O) groups is 2. The molecule has 0 aliphatic rings. The van der Waals surface area contributed by atoms with Crippen LogP contribution in [0.25, 0.3) is 0 Å². The molecule has 22 heavy (non-hydrogen) atoms. The molecule has 1 N–H and O–H groups in total. The van der Waals surface area contributed by atoms with Gasteiger partial charge in [-0.3, -0.25) is 4.79 Å². The molecule has 0 unspecified atom stereocenters. The molecule has 2 aromatic rings. The number of nitrogens with zero attached hydrogens (tertiary/aromatic N) is 1. The molecule has 1 aromatic carbocycles. The molecule has 0 saturated carbocycles. The monoisotopic (exact) mass is 316 g/mol. The minimum absolute atomic E-state index is 0.261. The average molecular weight is 316 g/mol. The minimum Gasteiger partial charge on any atom is -0.465 e. The Kier molecular flexibility index (Phi) is 5.16. The molecule has 1 aromatic heterocycles. The molecule has 0 aliphatic heterocycles. The summed E-state index contributed by atoms with van der Waals surface area (Å²) >= 11 is 1.57. The highest BCUT2D eigenvalue weighted by molar-refractivity contribution is 7.98. The standard InChI is InChI=1S/C16H16N2O3S/c1-10-4-5-12(22-3)9-13(10)15(19)18-14-8-11(6-7-17-14)16(20)21-2/h4-9H,1-3H3,(H,17,18,19). The van der Waals surface area contributed by atoms with Gasteiger partial charge in [-0.05, 0) is 43.0 Å². The number of aryl methyl sites for hydroxylation is 1. The van der Waals surface area contributed by atoms with Crippen molar-refractivity contribution in [1.29, 1.82) is 0 Å². The van der Waals surface area contributed by atoms with Gasteiger partial charge in [0, 0.05) is 16.7 Å². The molecule has 2 rings (SSSR count). The van der Waals surface area contributed by atoms with E-state index < -0.39 is 5.97 Å². The van der Waals surface area contributed by atoms with E-state index in [9.17, 15) is 9.59 Å². The number of anilines is 1. The Morgan fingerprint density at radius 1 is 1.23 bits per heavy atom. The molecule has 114 valence electrons. The molecule has 6 heteroatoms. The molecular weight excluding hydrogens is 300 g/mol. The normalized spacial score (nSPS) is 10.1. The van der Waals surface area contributed by atoms with Crippen LogP contribution in [0.15, 0.2) is 41.4 Å². The number of amides is 1. The van der Waals surface area contributed by atoms with Gasteiger partial charge >= 0.3 is 5.97 Å². The summed E-state index contributed by atoms with van der Waals surface area (Å²) in [6.07, 6.45) is 3.40. The summed E-state index contributed by atoms with van der Waals surface area (Å²) in [5.41, 5.74) is 1.79. The predicted molar refractivity (Wildman–Crippen MR) is 86.5 cm³/mol. The van der Waals surface area contributed by atoms with E-state index in [1.165, 1.54) is 25.4 Å². The fraction of sp³-hybridized carbons (Fsp3) is 0.188. The molecule has 5 nitrogen and oxygen atoms in total. The minimum atomic E-state index is -0.474. The lowest BCUT2D eigenvalue weighted by atomic mass is 10.1. The van der Waals surface area contributed by atoms with E-state index in [2.05, 4.69) is 15.0 Å². The number of rotatable bonds is 4. The van der Waals surface area contributed by atoms with E-state index in [0.29, 0.717) is 16.9 Å². The van der Waals surface area contributed by atoms with Crippen LogP contribution < -0.4 is 5.32 Å². The molecule has 0 aliphatic carbocycles. The summed E-state index contributed by atoms with van der Waals surface area (Å²) in [5.74, 6) is -0.428. The fourth-order valence-electron chi connectivity index (χ4n) is 1.90. The SMILES string of the molecule is COC(=O)c1ccnc(NC(=O)c2cc(SC)ccc2C)c1. The van der Waals surface area contributed by atoms with Gasteiger partial charge in [0.15, 0.2) is 0 Å². The summed E-state index contributed by atoms with van der Waals surface area (Å²) in [7, 11) is 1.30. The topological polar surface area (TPSA) is 68.3 Å². The van der Waals surface area contributed by atoms with Crippen LogP contribution in [0.1, 0.15) is 26.3 Å². The number of hydrogen-bond donors (Lipinski definition) is 1. The third kappa shape index (κ3) is 3.65. The van der Waals surface area contributed by atoms with Gasteiger partial charge in [-0.15, -0.1) is 11.8 Å². The number of ether oxygens (including phenoxy) is 1. The molecule has 0 bridgehead atoms. The van der Waals surface area contributed by atoms with E-state index in [1.807, 2.05) is 31.4 Å². The van der Waals surface area contributed by atoms with Gasteiger partial charge in [-0.2, -0.15) is 0 Å². The van der Waals surface area contributed by atoms with Crippen molar-refractivity contribution in [3.8, 4) is 0 Å². The fourth-order valence-corrected chi connectivity index (χ4v) is 2.34. The van der Waals surface area contributed by atoms with Crippen molar-refractivity contribution in [3.05, 3.63) is 53.2 Å². The molecule has 0 fully saturated rings. The quantitative estimate of drug-likeness (QED) is 0.693. The number of thioether (sulfide) groups is 1. The zero-order chi connectivity index (χ0) is 16.1. The maximum absolute atomic E-state index is 12.4. The van der Waals surface area contributed by atoms with Gasteiger partial charge in [0.25, 0.3) is 5.91 Å². The molecule has 0 saturated heterocycles. The first kappa shape index (κ1) is 16.0. The van der Waals surface area contributed by atoms with Crippen LogP contribution in [0.5, 0.6) is 0 Å². The third-order valence-electron chi connectivity index (χ3n) is 3.11.